The number of nitrogens with one attached hydrogen (secondary N) is 1. The number of carbonyl (C=O) groups excluding carboxylic acids is 3. The number of hydrogen-bond acceptors (Lipinski definition) is 5. The number of carboxylic acids is 1. The van der Waals surface area contributed by atoms with Crippen LogP contribution in [-0.2, 0) is 9.59 Å². The minimum atomic E-state index is -1.02. The summed E-state index contributed by atoms with van der Waals surface area (Å²) in [5.74, 6) is -2.23. The molecule has 2 rings (SSSR count). The van der Waals surface area contributed by atoms with Crippen LogP contribution in [0.25, 0.3) is 0 Å². The van der Waals surface area contributed by atoms with Crippen LogP contribution in [0.5, 0.6) is 0 Å². The number of benzene rings is 1. The maximum Gasteiger partial charge on any atom is 0.320 e. The van der Waals surface area contributed by atoms with E-state index in [0.29, 0.717) is 11.3 Å². The Bertz CT molecular complexity index is 700. The SMILES string of the molecule is CC(C(=O)O)N(C)CC(=O)Nc1ccc2c(c1)C(=O)N(C)C2=O. The van der Waals surface area contributed by atoms with Crippen molar-refractivity contribution in [2.75, 3.05) is 26.0 Å². The van der Waals surface area contributed by atoms with Crippen LogP contribution in [0, 0.1) is 0 Å². The Morgan fingerprint density at radius 1 is 1.26 bits per heavy atom. The van der Waals surface area contributed by atoms with Crippen molar-refractivity contribution in [1.29, 1.82) is 0 Å². The minimum absolute atomic E-state index is 0.114. The molecule has 23 heavy (non-hydrogen) atoms. The predicted molar refractivity (Wildman–Crippen MR) is 81.2 cm³/mol. The smallest absolute Gasteiger partial charge is 0.320 e. The highest BCUT2D eigenvalue weighted by Gasteiger charge is 2.32. The van der Waals surface area contributed by atoms with Crippen LogP contribution in [0.3, 0.4) is 0 Å². The third-order valence-electron chi connectivity index (χ3n) is 3.78. The van der Waals surface area contributed by atoms with Crippen LogP contribution in [0.1, 0.15) is 27.6 Å². The number of hydrogen-bond donors (Lipinski definition) is 2. The largest absolute Gasteiger partial charge is 0.480 e. The molecule has 0 spiro atoms. The van der Waals surface area contributed by atoms with Crippen molar-refractivity contribution in [3.63, 3.8) is 0 Å². The van der Waals surface area contributed by atoms with E-state index in [4.69, 9.17) is 5.11 Å². The fourth-order valence-corrected chi connectivity index (χ4v) is 2.19. The molecular formula is C15H17N3O5. The van der Waals surface area contributed by atoms with Gasteiger partial charge in [-0.25, -0.2) is 0 Å². The Balaban J connectivity index is 2.08. The summed E-state index contributed by atoms with van der Waals surface area (Å²) < 4.78 is 0. The Morgan fingerprint density at radius 2 is 1.87 bits per heavy atom. The highest BCUT2D eigenvalue weighted by Crippen LogP contribution is 2.24. The van der Waals surface area contributed by atoms with E-state index in [-0.39, 0.29) is 18.0 Å². The summed E-state index contributed by atoms with van der Waals surface area (Å²) in [6, 6.07) is 3.66. The number of rotatable bonds is 5. The highest BCUT2D eigenvalue weighted by molar-refractivity contribution is 6.21. The number of carbonyl (C=O) groups is 4. The third kappa shape index (κ3) is 3.21. The lowest BCUT2D eigenvalue weighted by Crippen LogP contribution is -2.40. The average molecular weight is 319 g/mol. The summed E-state index contributed by atoms with van der Waals surface area (Å²) in [4.78, 5) is 48.9. The Kier molecular flexibility index (Phi) is 4.46. The van der Waals surface area contributed by atoms with Gasteiger partial charge in [-0.15, -0.1) is 0 Å². The normalized spacial score (nSPS) is 14.9. The van der Waals surface area contributed by atoms with Crippen molar-refractivity contribution in [3.8, 4) is 0 Å². The molecule has 8 nitrogen and oxygen atoms in total. The molecule has 1 atom stereocenters. The molecule has 1 aromatic carbocycles. The van der Waals surface area contributed by atoms with Gasteiger partial charge in [-0.05, 0) is 32.2 Å². The van der Waals surface area contributed by atoms with Gasteiger partial charge in [-0.1, -0.05) is 0 Å². The maximum atomic E-state index is 12.0. The summed E-state index contributed by atoms with van der Waals surface area (Å²) >= 11 is 0. The molecule has 1 heterocycles. The zero-order chi connectivity index (χ0) is 17.3. The number of anilines is 1. The molecule has 8 heteroatoms. The van der Waals surface area contributed by atoms with Gasteiger partial charge in [-0.3, -0.25) is 29.0 Å². The van der Waals surface area contributed by atoms with Gasteiger partial charge in [-0.2, -0.15) is 0 Å². The van der Waals surface area contributed by atoms with Crippen molar-refractivity contribution >= 4 is 29.4 Å². The van der Waals surface area contributed by atoms with Crippen LogP contribution >= 0.6 is 0 Å². The van der Waals surface area contributed by atoms with Gasteiger partial charge in [0, 0.05) is 12.7 Å². The van der Waals surface area contributed by atoms with E-state index < -0.39 is 23.8 Å². The topological polar surface area (TPSA) is 107 Å². The van der Waals surface area contributed by atoms with E-state index in [0.717, 1.165) is 4.90 Å². The highest BCUT2D eigenvalue weighted by atomic mass is 16.4. The van der Waals surface area contributed by atoms with Crippen LogP contribution < -0.4 is 5.32 Å². The van der Waals surface area contributed by atoms with Gasteiger partial charge in [0.2, 0.25) is 5.91 Å². The molecule has 1 aliphatic heterocycles. The van der Waals surface area contributed by atoms with E-state index in [1.807, 2.05) is 0 Å². The number of aliphatic carboxylic acids is 1. The zero-order valence-electron chi connectivity index (χ0n) is 13.0. The monoisotopic (exact) mass is 319 g/mol. The molecule has 0 aliphatic carbocycles. The number of imide groups is 1. The second kappa shape index (κ2) is 6.17. The lowest BCUT2D eigenvalue weighted by Gasteiger charge is -2.20. The van der Waals surface area contributed by atoms with Crippen LogP contribution in [-0.4, -0.2) is 65.3 Å². The number of fused-ring (bicyclic) bond motifs is 1. The van der Waals surface area contributed by atoms with Gasteiger partial charge >= 0.3 is 5.97 Å². The van der Waals surface area contributed by atoms with Gasteiger partial charge < -0.3 is 10.4 Å². The number of nitrogens with zero attached hydrogens (tertiary/aromatic N) is 2. The number of amides is 3. The first-order valence-corrected chi connectivity index (χ1v) is 6.91. The fraction of sp³-hybridized carbons (Fsp3) is 0.333. The van der Waals surface area contributed by atoms with Crippen LogP contribution in [0.2, 0.25) is 0 Å². The summed E-state index contributed by atoms with van der Waals surface area (Å²) in [7, 11) is 2.92. The molecule has 0 aromatic heterocycles. The Morgan fingerprint density at radius 3 is 2.48 bits per heavy atom. The first-order chi connectivity index (χ1) is 10.7. The molecule has 122 valence electrons. The maximum absolute atomic E-state index is 12.0. The molecule has 1 aliphatic rings. The quantitative estimate of drug-likeness (QED) is 0.754. The Hall–Kier alpha value is -2.74. The van der Waals surface area contributed by atoms with E-state index in [2.05, 4.69) is 5.32 Å². The Labute approximate surface area is 132 Å². The lowest BCUT2D eigenvalue weighted by molar-refractivity contribution is -0.142. The molecule has 0 radical (unpaired) electrons. The second-order valence-corrected chi connectivity index (χ2v) is 5.41. The molecule has 0 saturated heterocycles. The molecule has 2 N–H and O–H groups in total. The standard InChI is InChI=1S/C15H17N3O5/c1-8(15(22)23)17(2)7-12(19)16-9-4-5-10-11(6-9)14(21)18(3)13(10)20/h4-6,8H,7H2,1-3H3,(H,16,19)(H,22,23). The second-order valence-electron chi connectivity index (χ2n) is 5.41. The van der Waals surface area contributed by atoms with Crippen molar-refractivity contribution in [2.45, 2.75) is 13.0 Å². The van der Waals surface area contributed by atoms with Crippen molar-refractivity contribution in [1.82, 2.24) is 9.80 Å². The van der Waals surface area contributed by atoms with E-state index in [9.17, 15) is 19.2 Å². The molecule has 0 fully saturated rings. The number of carboxylic acid groups (broad SMARTS) is 1. The molecule has 1 unspecified atom stereocenters. The molecule has 0 saturated carbocycles. The van der Waals surface area contributed by atoms with E-state index >= 15 is 0 Å². The minimum Gasteiger partial charge on any atom is -0.480 e. The summed E-state index contributed by atoms with van der Waals surface area (Å²) in [6.45, 7) is 1.36. The predicted octanol–water partition coefficient (Wildman–Crippen LogP) is 0.256. The van der Waals surface area contributed by atoms with Crippen molar-refractivity contribution in [3.05, 3.63) is 29.3 Å². The first kappa shape index (κ1) is 16.6. The molecule has 0 bridgehead atoms. The van der Waals surface area contributed by atoms with E-state index in [1.54, 1.807) is 0 Å². The number of likely N-dealkylation sites (N-methyl/N-ethyl adjacent to an activating group) is 1. The lowest BCUT2D eigenvalue weighted by atomic mass is 10.1. The molecule has 3 amide bonds. The van der Waals surface area contributed by atoms with E-state index in [1.165, 1.54) is 44.1 Å². The molecular weight excluding hydrogens is 302 g/mol. The summed E-state index contributed by atoms with van der Waals surface area (Å²) in [6.07, 6.45) is 0. The first-order valence-electron chi connectivity index (χ1n) is 6.91. The average Bonchev–Trinajstić information content (AvgIpc) is 2.70. The fourth-order valence-electron chi connectivity index (χ4n) is 2.19. The van der Waals surface area contributed by atoms with Crippen LogP contribution in [0.4, 0.5) is 5.69 Å². The van der Waals surface area contributed by atoms with Gasteiger partial charge in [0.05, 0.1) is 17.7 Å². The third-order valence-corrected chi connectivity index (χ3v) is 3.78. The molecule has 1 aromatic rings. The van der Waals surface area contributed by atoms with Gasteiger partial charge in [0.1, 0.15) is 6.04 Å². The van der Waals surface area contributed by atoms with Gasteiger partial charge in [0.15, 0.2) is 0 Å². The van der Waals surface area contributed by atoms with Crippen molar-refractivity contribution < 1.29 is 24.3 Å². The summed E-state index contributed by atoms with van der Waals surface area (Å²) in [5.41, 5.74) is 0.913. The zero-order valence-corrected chi connectivity index (χ0v) is 13.0. The van der Waals surface area contributed by atoms with Crippen molar-refractivity contribution in [2.24, 2.45) is 0 Å². The van der Waals surface area contributed by atoms with Crippen LogP contribution in [0.15, 0.2) is 18.2 Å². The summed E-state index contributed by atoms with van der Waals surface area (Å²) in [5, 5.41) is 11.5. The van der Waals surface area contributed by atoms with Gasteiger partial charge in [0.25, 0.3) is 11.8 Å².